The lowest BCUT2D eigenvalue weighted by Crippen LogP contribution is -2.46. The molecule has 1 heterocycles. The first-order valence-electron chi connectivity index (χ1n) is 10.5. The first-order chi connectivity index (χ1) is 15.2. The van der Waals surface area contributed by atoms with Gasteiger partial charge in [0.1, 0.15) is 0 Å². The molecule has 0 aromatic heterocycles. The van der Waals surface area contributed by atoms with E-state index in [9.17, 15) is 22.8 Å². The van der Waals surface area contributed by atoms with Crippen molar-refractivity contribution in [1.29, 1.82) is 0 Å². The van der Waals surface area contributed by atoms with Crippen LogP contribution in [0.25, 0.3) is 0 Å². The highest BCUT2D eigenvalue weighted by Crippen LogP contribution is 2.29. The highest BCUT2D eigenvalue weighted by Gasteiger charge is 2.31. The fraction of sp³-hybridized carbons (Fsp3) is 0.417. The van der Waals surface area contributed by atoms with Crippen molar-refractivity contribution in [3.8, 4) is 0 Å². The second-order valence-corrected chi connectivity index (χ2v) is 8.12. The Morgan fingerprint density at radius 3 is 2.09 bits per heavy atom. The number of ether oxygens (including phenoxy) is 1. The normalized spacial score (nSPS) is 15.4. The van der Waals surface area contributed by atoms with Gasteiger partial charge in [-0.1, -0.05) is 24.3 Å². The van der Waals surface area contributed by atoms with E-state index in [0.717, 1.165) is 43.6 Å². The van der Waals surface area contributed by atoms with Gasteiger partial charge >= 0.3 is 12.1 Å². The molecule has 3 rings (SSSR count). The number of alkyl halides is 3. The zero-order valence-corrected chi connectivity index (χ0v) is 18.2. The summed E-state index contributed by atoms with van der Waals surface area (Å²) >= 11 is 0. The molecule has 2 aromatic carbocycles. The summed E-state index contributed by atoms with van der Waals surface area (Å²) in [5.41, 5.74) is 1.11. The van der Waals surface area contributed by atoms with Gasteiger partial charge in [-0.3, -0.25) is 4.79 Å². The van der Waals surface area contributed by atoms with Gasteiger partial charge in [-0.15, -0.1) is 0 Å². The molecule has 1 aliphatic heterocycles. The standard InChI is InChI=1S/C24H27F3N2O3/c1-28-13-11-21(12-14-28)29(16-18-3-7-19(8-4-18)23(31)32-2)22(30)15-17-5-9-20(10-6-17)24(25,26)27/h3-10,21H,11-16H2,1-2H3. The summed E-state index contributed by atoms with van der Waals surface area (Å²) in [6.45, 7) is 2.11. The van der Waals surface area contributed by atoms with Crippen molar-refractivity contribution < 1.29 is 27.5 Å². The molecule has 1 amide bonds. The monoisotopic (exact) mass is 448 g/mol. The van der Waals surface area contributed by atoms with Crippen molar-refractivity contribution >= 4 is 11.9 Å². The number of esters is 1. The molecule has 0 unspecified atom stereocenters. The molecule has 2 aromatic rings. The number of rotatable bonds is 6. The zero-order valence-electron chi connectivity index (χ0n) is 18.2. The summed E-state index contributed by atoms with van der Waals surface area (Å²) in [6.07, 6.45) is -2.71. The van der Waals surface area contributed by atoms with Gasteiger partial charge in [0.25, 0.3) is 0 Å². The Kier molecular flexibility index (Phi) is 7.56. The third-order valence-electron chi connectivity index (χ3n) is 5.81. The second-order valence-electron chi connectivity index (χ2n) is 8.12. The van der Waals surface area contributed by atoms with Crippen molar-refractivity contribution in [2.24, 2.45) is 0 Å². The summed E-state index contributed by atoms with van der Waals surface area (Å²) in [4.78, 5) is 28.9. The number of piperidine rings is 1. The van der Waals surface area contributed by atoms with E-state index in [2.05, 4.69) is 4.90 Å². The van der Waals surface area contributed by atoms with E-state index in [4.69, 9.17) is 4.74 Å². The lowest BCUT2D eigenvalue weighted by molar-refractivity contribution is -0.137. The molecule has 32 heavy (non-hydrogen) atoms. The molecule has 0 N–H and O–H groups in total. The van der Waals surface area contributed by atoms with Crippen LogP contribution in [0.3, 0.4) is 0 Å². The van der Waals surface area contributed by atoms with Gasteiger partial charge in [0.15, 0.2) is 0 Å². The fourth-order valence-electron chi connectivity index (χ4n) is 3.88. The van der Waals surface area contributed by atoms with Gasteiger partial charge in [-0.25, -0.2) is 4.79 Å². The van der Waals surface area contributed by atoms with E-state index < -0.39 is 17.7 Å². The average molecular weight is 448 g/mol. The minimum atomic E-state index is -4.40. The first kappa shape index (κ1) is 23.8. The van der Waals surface area contributed by atoms with Crippen molar-refractivity contribution in [3.63, 3.8) is 0 Å². The van der Waals surface area contributed by atoms with Gasteiger partial charge in [0.2, 0.25) is 5.91 Å². The second kappa shape index (κ2) is 10.2. The van der Waals surface area contributed by atoms with E-state index in [1.807, 2.05) is 11.9 Å². The minimum absolute atomic E-state index is 0.0325. The first-order valence-corrected chi connectivity index (χ1v) is 10.5. The number of carbonyl (C=O) groups is 2. The maximum absolute atomic E-state index is 13.2. The zero-order chi connectivity index (χ0) is 23.3. The van der Waals surface area contributed by atoms with Crippen LogP contribution in [0.4, 0.5) is 13.2 Å². The molecule has 0 saturated carbocycles. The summed E-state index contributed by atoms with van der Waals surface area (Å²) in [7, 11) is 3.36. The summed E-state index contributed by atoms with van der Waals surface area (Å²) in [5.74, 6) is -0.557. The van der Waals surface area contributed by atoms with E-state index >= 15 is 0 Å². The Balaban J connectivity index is 1.76. The Bertz CT molecular complexity index is 919. The molecule has 0 bridgehead atoms. The van der Waals surface area contributed by atoms with Gasteiger partial charge in [-0.2, -0.15) is 13.2 Å². The Morgan fingerprint density at radius 2 is 1.56 bits per heavy atom. The van der Waals surface area contributed by atoms with Gasteiger partial charge in [0, 0.05) is 12.6 Å². The maximum atomic E-state index is 13.2. The van der Waals surface area contributed by atoms with Crippen LogP contribution in [0.1, 0.15) is 39.9 Å². The molecule has 1 fully saturated rings. The smallest absolute Gasteiger partial charge is 0.416 e. The van der Waals surface area contributed by atoms with Gasteiger partial charge in [-0.05, 0) is 68.4 Å². The van der Waals surface area contributed by atoms with Gasteiger partial charge in [0.05, 0.1) is 24.7 Å². The minimum Gasteiger partial charge on any atom is -0.465 e. The summed E-state index contributed by atoms with van der Waals surface area (Å²) in [5, 5.41) is 0. The van der Waals surface area contributed by atoms with Crippen LogP contribution in [0.5, 0.6) is 0 Å². The molecule has 0 spiro atoms. The highest BCUT2D eigenvalue weighted by molar-refractivity contribution is 5.89. The van der Waals surface area contributed by atoms with Crippen LogP contribution in [0.15, 0.2) is 48.5 Å². The Morgan fingerprint density at radius 1 is 1.00 bits per heavy atom. The van der Waals surface area contributed by atoms with Crippen LogP contribution < -0.4 is 0 Å². The lowest BCUT2D eigenvalue weighted by atomic mass is 10.0. The van der Waals surface area contributed by atoms with Crippen LogP contribution in [-0.2, 0) is 28.7 Å². The molecule has 1 saturated heterocycles. The van der Waals surface area contributed by atoms with Crippen LogP contribution >= 0.6 is 0 Å². The molecule has 0 aliphatic carbocycles. The highest BCUT2D eigenvalue weighted by atomic mass is 19.4. The lowest BCUT2D eigenvalue weighted by Gasteiger charge is -2.37. The summed E-state index contributed by atoms with van der Waals surface area (Å²) in [6, 6.07) is 11.7. The molecule has 172 valence electrons. The molecule has 0 radical (unpaired) electrons. The average Bonchev–Trinajstić information content (AvgIpc) is 2.78. The SMILES string of the molecule is COC(=O)c1ccc(CN(C(=O)Cc2ccc(C(F)(F)F)cc2)C2CCN(C)CC2)cc1. The van der Waals surface area contributed by atoms with Crippen molar-refractivity contribution in [3.05, 3.63) is 70.8 Å². The van der Waals surface area contributed by atoms with E-state index in [1.54, 1.807) is 24.3 Å². The number of halogens is 3. The van der Waals surface area contributed by atoms with E-state index in [1.165, 1.54) is 19.2 Å². The molecule has 8 heteroatoms. The molecule has 5 nitrogen and oxygen atoms in total. The number of hydrogen-bond acceptors (Lipinski definition) is 4. The number of amides is 1. The third-order valence-corrected chi connectivity index (χ3v) is 5.81. The third kappa shape index (κ3) is 6.09. The topological polar surface area (TPSA) is 49.9 Å². The number of hydrogen-bond donors (Lipinski definition) is 0. The molecule has 1 aliphatic rings. The van der Waals surface area contributed by atoms with Crippen molar-refractivity contribution in [2.45, 2.75) is 38.0 Å². The number of benzene rings is 2. The quantitative estimate of drug-likeness (QED) is 0.623. The van der Waals surface area contributed by atoms with Crippen LogP contribution in [-0.4, -0.2) is 55.0 Å². The fourth-order valence-corrected chi connectivity index (χ4v) is 3.88. The predicted molar refractivity (Wildman–Crippen MR) is 114 cm³/mol. The van der Waals surface area contributed by atoms with Crippen LogP contribution in [0.2, 0.25) is 0 Å². The van der Waals surface area contributed by atoms with E-state index in [0.29, 0.717) is 17.7 Å². The van der Waals surface area contributed by atoms with Crippen molar-refractivity contribution in [2.75, 3.05) is 27.2 Å². The van der Waals surface area contributed by atoms with Gasteiger partial charge < -0.3 is 14.5 Å². The van der Waals surface area contributed by atoms with Crippen molar-refractivity contribution in [1.82, 2.24) is 9.80 Å². The molecular weight excluding hydrogens is 421 g/mol. The molecule has 0 atom stereocenters. The van der Waals surface area contributed by atoms with E-state index in [-0.39, 0.29) is 18.4 Å². The number of carbonyl (C=O) groups excluding carboxylic acids is 2. The number of nitrogens with zero attached hydrogens (tertiary/aromatic N) is 2. The number of methoxy groups -OCH3 is 1. The Hall–Kier alpha value is -2.87. The largest absolute Gasteiger partial charge is 0.465 e. The van der Waals surface area contributed by atoms with Crippen LogP contribution in [0, 0.1) is 0 Å². The summed E-state index contributed by atoms with van der Waals surface area (Å²) < 4.78 is 43.2. The maximum Gasteiger partial charge on any atom is 0.416 e. The predicted octanol–water partition coefficient (Wildman–Crippen LogP) is 4.16. The molecular formula is C24H27F3N2O3. The Labute approximate surface area is 185 Å². The number of likely N-dealkylation sites (tertiary alicyclic amines) is 1.